The van der Waals surface area contributed by atoms with Gasteiger partial charge in [0.05, 0.1) is 6.42 Å². The second-order valence-corrected chi connectivity index (χ2v) is 4.39. The molecule has 0 aromatic heterocycles. The van der Waals surface area contributed by atoms with Crippen LogP contribution in [0, 0.1) is 5.41 Å². The summed E-state index contributed by atoms with van der Waals surface area (Å²) in [4.78, 5) is 13.4. The topological polar surface area (TPSA) is 44.2 Å². The fraction of sp³-hybridized carbons (Fsp3) is 0.231. The highest BCUT2D eigenvalue weighted by Gasteiger charge is 2.48. The molecule has 0 aliphatic carbocycles. The maximum absolute atomic E-state index is 11.8. The maximum atomic E-state index is 11.8. The standard InChI is InChI=1S/C13H12N2O/c1-13-10-5-3-2-4-9(10)6-7-15(13)12(16)8-11(13)14/h2-7,14H,8H2,1H3. The molecule has 80 valence electrons. The summed E-state index contributed by atoms with van der Waals surface area (Å²) in [6.07, 6.45) is 3.97. The van der Waals surface area contributed by atoms with Gasteiger partial charge in [0, 0.05) is 11.9 Å². The van der Waals surface area contributed by atoms with Crippen molar-refractivity contribution >= 4 is 17.7 Å². The Balaban J connectivity index is 2.29. The van der Waals surface area contributed by atoms with Crippen molar-refractivity contribution in [3.63, 3.8) is 0 Å². The lowest BCUT2D eigenvalue weighted by Gasteiger charge is -2.37. The van der Waals surface area contributed by atoms with Gasteiger partial charge in [-0.25, -0.2) is 0 Å². The van der Waals surface area contributed by atoms with Gasteiger partial charge >= 0.3 is 0 Å². The number of hydrogen-bond acceptors (Lipinski definition) is 2. The van der Waals surface area contributed by atoms with Crippen LogP contribution >= 0.6 is 0 Å². The summed E-state index contributed by atoms with van der Waals surface area (Å²) >= 11 is 0. The fourth-order valence-corrected chi connectivity index (χ4v) is 2.57. The molecule has 1 aromatic carbocycles. The van der Waals surface area contributed by atoms with Crippen LogP contribution in [0.3, 0.4) is 0 Å². The Morgan fingerprint density at radius 2 is 2.12 bits per heavy atom. The average molecular weight is 212 g/mol. The summed E-state index contributed by atoms with van der Waals surface area (Å²) in [7, 11) is 0. The van der Waals surface area contributed by atoms with Gasteiger partial charge in [0.25, 0.3) is 0 Å². The van der Waals surface area contributed by atoms with E-state index in [-0.39, 0.29) is 12.3 Å². The molecular weight excluding hydrogens is 200 g/mol. The van der Waals surface area contributed by atoms with Crippen molar-refractivity contribution in [3.05, 3.63) is 41.6 Å². The molecule has 0 saturated carbocycles. The zero-order valence-corrected chi connectivity index (χ0v) is 9.03. The van der Waals surface area contributed by atoms with Gasteiger partial charge in [0.15, 0.2) is 0 Å². The van der Waals surface area contributed by atoms with Crippen LogP contribution in [0.15, 0.2) is 30.5 Å². The van der Waals surface area contributed by atoms with E-state index in [0.717, 1.165) is 11.1 Å². The van der Waals surface area contributed by atoms with Crippen LogP contribution < -0.4 is 0 Å². The Morgan fingerprint density at radius 3 is 2.94 bits per heavy atom. The molecule has 1 unspecified atom stereocenters. The molecule has 0 radical (unpaired) electrons. The first kappa shape index (κ1) is 9.33. The van der Waals surface area contributed by atoms with E-state index in [2.05, 4.69) is 0 Å². The van der Waals surface area contributed by atoms with Crippen LogP contribution in [-0.4, -0.2) is 16.5 Å². The number of hydrogen-bond donors (Lipinski definition) is 1. The molecule has 1 saturated heterocycles. The van der Waals surface area contributed by atoms with Gasteiger partial charge in [-0.05, 0) is 24.1 Å². The maximum Gasteiger partial charge on any atom is 0.233 e. The average Bonchev–Trinajstić information content (AvgIpc) is 2.51. The summed E-state index contributed by atoms with van der Waals surface area (Å²) in [6, 6.07) is 7.95. The van der Waals surface area contributed by atoms with E-state index < -0.39 is 5.54 Å². The molecule has 0 spiro atoms. The van der Waals surface area contributed by atoms with Crippen molar-refractivity contribution in [1.29, 1.82) is 5.41 Å². The van der Waals surface area contributed by atoms with E-state index in [1.807, 2.05) is 37.3 Å². The number of rotatable bonds is 0. The van der Waals surface area contributed by atoms with Crippen molar-refractivity contribution < 1.29 is 4.79 Å². The number of fused-ring (bicyclic) bond motifs is 3. The number of amides is 1. The van der Waals surface area contributed by atoms with Crippen LogP contribution in [0.25, 0.3) is 6.08 Å². The Hall–Kier alpha value is -1.90. The Morgan fingerprint density at radius 1 is 1.38 bits per heavy atom. The van der Waals surface area contributed by atoms with Crippen LogP contribution in [0.5, 0.6) is 0 Å². The molecule has 1 N–H and O–H groups in total. The summed E-state index contributed by atoms with van der Waals surface area (Å²) in [5, 5.41) is 8.04. The minimum Gasteiger partial charge on any atom is -0.306 e. The van der Waals surface area contributed by atoms with E-state index in [0.29, 0.717) is 5.71 Å². The summed E-state index contributed by atoms with van der Waals surface area (Å²) in [5.74, 6) is 0.0123. The normalized spacial score (nSPS) is 26.9. The first-order valence-corrected chi connectivity index (χ1v) is 5.32. The molecule has 2 aliphatic heterocycles. The lowest BCUT2D eigenvalue weighted by molar-refractivity contribution is -0.128. The van der Waals surface area contributed by atoms with Crippen LogP contribution in [0.4, 0.5) is 0 Å². The van der Waals surface area contributed by atoms with Gasteiger partial charge in [-0.1, -0.05) is 24.3 Å². The highest BCUT2D eigenvalue weighted by atomic mass is 16.2. The molecular formula is C13H12N2O. The lowest BCUT2D eigenvalue weighted by atomic mass is 9.83. The number of nitrogens with zero attached hydrogens (tertiary/aromatic N) is 1. The zero-order valence-electron chi connectivity index (χ0n) is 9.03. The Kier molecular flexibility index (Phi) is 1.64. The number of benzene rings is 1. The zero-order chi connectivity index (χ0) is 11.3. The Labute approximate surface area is 93.9 Å². The minimum atomic E-state index is -0.567. The first-order valence-electron chi connectivity index (χ1n) is 5.32. The molecule has 2 aliphatic rings. The predicted octanol–water partition coefficient (Wildman–Crippen LogP) is 2.14. The van der Waals surface area contributed by atoms with E-state index in [1.54, 1.807) is 11.1 Å². The van der Waals surface area contributed by atoms with Gasteiger partial charge < -0.3 is 10.3 Å². The molecule has 1 atom stereocenters. The molecule has 16 heavy (non-hydrogen) atoms. The first-order chi connectivity index (χ1) is 7.64. The molecule has 0 bridgehead atoms. The molecule has 1 amide bonds. The van der Waals surface area contributed by atoms with Gasteiger partial charge in [0.1, 0.15) is 5.54 Å². The smallest absolute Gasteiger partial charge is 0.233 e. The van der Waals surface area contributed by atoms with Crippen molar-refractivity contribution in [1.82, 2.24) is 4.90 Å². The van der Waals surface area contributed by atoms with Crippen molar-refractivity contribution in [3.8, 4) is 0 Å². The second kappa shape index (κ2) is 2.82. The van der Waals surface area contributed by atoms with E-state index >= 15 is 0 Å². The quantitative estimate of drug-likeness (QED) is 0.703. The highest BCUT2D eigenvalue weighted by molar-refractivity contribution is 6.13. The van der Waals surface area contributed by atoms with E-state index in [9.17, 15) is 4.79 Å². The monoisotopic (exact) mass is 212 g/mol. The third-order valence-corrected chi connectivity index (χ3v) is 3.55. The van der Waals surface area contributed by atoms with Gasteiger partial charge in [-0.3, -0.25) is 4.79 Å². The molecule has 3 nitrogen and oxygen atoms in total. The molecule has 1 fully saturated rings. The molecule has 3 heteroatoms. The predicted molar refractivity (Wildman–Crippen MR) is 62.0 cm³/mol. The highest BCUT2D eigenvalue weighted by Crippen LogP contribution is 2.41. The third-order valence-electron chi connectivity index (χ3n) is 3.55. The van der Waals surface area contributed by atoms with E-state index in [4.69, 9.17) is 5.41 Å². The largest absolute Gasteiger partial charge is 0.306 e. The van der Waals surface area contributed by atoms with Crippen molar-refractivity contribution in [2.75, 3.05) is 0 Å². The SMILES string of the molecule is CC12C(=N)CC(=O)N1C=Cc1ccccc12. The van der Waals surface area contributed by atoms with Crippen LogP contribution in [0.1, 0.15) is 24.5 Å². The Bertz CT molecular complexity index is 532. The van der Waals surface area contributed by atoms with E-state index in [1.165, 1.54) is 0 Å². The number of nitrogens with one attached hydrogen (secondary N) is 1. The molecule has 3 rings (SSSR count). The third kappa shape index (κ3) is 0.927. The molecule has 2 heterocycles. The van der Waals surface area contributed by atoms with Gasteiger partial charge in [0.2, 0.25) is 5.91 Å². The fourth-order valence-electron chi connectivity index (χ4n) is 2.57. The summed E-state index contributed by atoms with van der Waals surface area (Å²) < 4.78 is 0. The summed E-state index contributed by atoms with van der Waals surface area (Å²) in [5.41, 5.74) is 2.06. The van der Waals surface area contributed by atoms with Crippen molar-refractivity contribution in [2.45, 2.75) is 18.9 Å². The van der Waals surface area contributed by atoms with Crippen LogP contribution in [-0.2, 0) is 10.3 Å². The van der Waals surface area contributed by atoms with Crippen LogP contribution in [0.2, 0.25) is 0 Å². The number of carbonyl (C=O) groups is 1. The minimum absolute atomic E-state index is 0.0123. The lowest BCUT2D eigenvalue weighted by Crippen LogP contribution is -2.43. The summed E-state index contributed by atoms with van der Waals surface area (Å²) in [6.45, 7) is 1.95. The number of carbonyl (C=O) groups excluding carboxylic acids is 1. The van der Waals surface area contributed by atoms with Crippen molar-refractivity contribution in [2.24, 2.45) is 0 Å². The molecule has 1 aromatic rings. The van der Waals surface area contributed by atoms with Gasteiger partial charge in [-0.15, -0.1) is 0 Å². The second-order valence-electron chi connectivity index (χ2n) is 4.39. The van der Waals surface area contributed by atoms with Gasteiger partial charge in [-0.2, -0.15) is 0 Å².